The molecule has 0 aliphatic carbocycles. The fraction of sp³-hybridized carbons (Fsp3) is 0.588. The number of carbonyl (C=O) groups excluding carboxylic acids is 1. The Bertz CT molecular complexity index is 724. The van der Waals surface area contributed by atoms with Gasteiger partial charge in [0.05, 0.1) is 12.2 Å². The summed E-state index contributed by atoms with van der Waals surface area (Å²) in [5.41, 5.74) is 2.34. The third-order valence-electron chi connectivity index (χ3n) is 4.58. The van der Waals surface area contributed by atoms with Crippen LogP contribution in [0.4, 0.5) is 10.5 Å². The normalized spacial score (nSPS) is 15.6. The highest BCUT2D eigenvalue weighted by atomic mass is 16.5. The van der Waals surface area contributed by atoms with Gasteiger partial charge in [0.15, 0.2) is 5.76 Å². The summed E-state index contributed by atoms with van der Waals surface area (Å²) in [6.45, 7) is 11.3. The van der Waals surface area contributed by atoms with E-state index in [2.05, 4.69) is 20.4 Å². The average Bonchev–Trinajstić information content (AvgIpc) is 3.10. The van der Waals surface area contributed by atoms with Crippen molar-refractivity contribution in [1.82, 2.24) is 19.9 Å². The number of piperazine rings is 1. The number of nitrogens with one attached hydrogen (secondary N) is 1. The quantitative estimate of drug-likeness (QED) is 0.914. The molecule has 2 aromatic rings. The van der Waals surface area contributed by atoms with E-state index >= 15 is 0 Å². The largest absolute Gasteiger partial charge is 0.444 e. The summed E-state index contributed by atoms with van der Waals surface area (Å²) in [6, 6.07) is -0.108. The first-order valence-electron chi connectivity index (χ1n) is 8.64. The van der Waals surface area contributed by atoms with Crippen LogP contribution in [-0.2, 0) is 13.0 Å². The van der Waals surface area contributed by atoms with Crippen molar-refractivity contribution in [3.05, 3.63) is 28.8 Å². The molecule has 8 nitrogen and oxygen atoms in total. The van der Waals surface area contributed by atoms with Crippen LogP contribution in [0.15, 0.2) is 8.94 Å². The van der Waals surface area contributed by atoms with Gasteiger partial charge in [0.25, 0.3) is 0 Å². The molecule has 0 radical (unpaired) electrons. The van der Waals surface area contributed by atoms with Gasteiger partial charge in [-0.3, -0.25) is 4.90 Å². The molecule has 2 amide bonds. The van der Waals surface area contributed by atoms with Crippen LogP contribution in [0.3, 0.4) is 0 Å². The van der Waals surface area contributed by atoms with Crippen molar-refractivity contribution in [2.45, 2.75) is 40.7 Å². The molecule has 3 heterocycles. The van der Waals surface area contributed by atoms with Crippen LogP contribution in [0.2, 0.25) is 0 Å². The highest BCUT2D eigenvalue weighted by Gasteiger charge is 2.24. The zero-order valence-corrected chi connectivity index (χ0v) is 15.3. The third kappa shape index (κ3) is 3.84. The number of hydrogen-bond acceptors (Lipinski definition) is 6. The second kappa shape index (κ2) is 7.26. The summed E-state index contributed by atoms with van der Waals surface area (Å²) < 4.78 is 10.9. The van der Waals surface area contributed by atoms with Crippen LogP contribution in [0.1, 0.15) is 35.7 Å². The molecule has 0 bridgehead atoms. The molecule has 1 saturated heterocycles. The molecular weight excluding hydrogens is 322 g/mol. The lowest BCUT2D eigenvalue weighted by atomic mass is 10.2. The summed E-state index contributed by atoms with van der Waals surface area (Å²) in [7, 11) is 0. The molecule has 0 saturated carbocycles. The molecule has 0 atom stereocenters. The molecule has 1 aliphatic heterocycles. The van der Waals surface area contributed by atoms with E-state index in [9.17, 15) is 4.79 Å². The average molecular weight is 347 g/mol. The summed E-state index contributed by atoms with van der Waals surface area (Å²) in [5, 5.41) is 6.86. The van der Waals surface area contributed by atoms with Crippen LogP contribution in [-0.4, -0.2) is 52.2 Å². The van der Waals surface area contributed by atoms with Gasteiger partial charge in [-0.15, -0.1) is 0 Å². The van der Waals surface area contributed by atoms with E-state index in [-0.39, 0.29) is 6.03 Å². The number of hydrogen-bond donors (Lipinski definition) is 1. The van der Waals surface area contributed by atoms with Gasteiger partial charge in [0.1, 0.15) is 17.1 Å². The van der Waals surface area contributed by atoms with Crippen molar-refractivity contribution < 1.29 is 13.7 Å². The fourth-order valence-electron chi connectivity index (χ4n) is 2.91. The summed E-state index contributed by atoms with van der Waals surface area (Å²) in [4.78, 5) is 21.0. The van der Waals surface area contributed by atoms with E-state index in [1.165, 1.54) is 0 Å². The zero-order chi connectivity index (χ0) is 18.0. The fourth-order valence-corrected chi connectivity index (χ4v) is 2.91. The monoisotopic (exact) mass is 347 g/mol. The molecule has 2 aromatic heterocycles. The van der Waals surface area contributed by atoms with E-state index in [1.807, 2.05) is 32.6 Å². The first-order valence-corrected chi connectivity index (χ1v) is 8.64. The Hall–Kier alpha value is -2.35. The Morgan fingerprint density at radius 2 is 1.88 bits per heavy atom. The molecule has 136 valence electrons. The van der Waals surface area contributed by atoms with E-state index < -0.39 is 0 Å². The molecule has 1 fully saturated rings. The third-order valence-corrected chi connectivity index (χ3v) is 4.58. The van der Waals surface area contributed by atoms with Crippen molar-refractivity contribution >= 4 is 11.7 Å². The highest BCUT2D eigenvalue weighted by Crippen LogP contribution is 2.21. The van der Waals surface area contributed by atoms with Crippen LogP contribution in [0.25, 0.3) is 0 Å². The number of aromatic nitrogens is 2. The van der Waals surface area contributed by atoms with Gasteiger partial charge < -0.3 is 19.2 Å². The summed E-state index contributed by atoms with van der Waals surface area (Å²) in [6.07, 6.45) is 0.694. The second-order valence-corrected chi connectivity index (χ2v) is 6.36. The number of oxazole rings is 1. The summed E-state index contributed by atoms with van der Waals surface area (Å²) >= 11 is 0. The maximum Gasteiger partial charge on any atom is 0.322 e. The molecule has 25 heavy (non-hydrogen) atoms. The minimum Gasteiger partial charge on any atom is -0.444 e. The molecule has 8 heteroatoms. The number of anilines is 1. The van der Waals surface area contributed by atoms with Crippen molar-refractivity contribution in [3.8, 4) is 0 Å². The molecule has 0 aromatic carbocycles. The number of aryl methyl sites for hydroxylation is 4. The second-order valence-electron chi connectivity index (χ2n) is 6.36. The lowest BCUT2D eigenvalue weighted by Crippen LogP contribution is -2.49. The first kappa shape index (κ1) is 17.5. The lowest BCUT2D eigenvalue weighted by molar-refractivity contribution is 0.135. The lowest BCUT2D eigenvalue weighted by Gasteiger charge is -2.33. The Kier molecular flexibility index (Phi) is 5.08. The Morgan fingerprint density at radius 3 is 2.48 bits per heavy atom. The molecule has 1 N–H and O–H groups in total. The standard InChI is InChI=1S/C17H25N5O3/c1-5-14-16(12(3)20-25-14)19-17(23)22-8-6-21(7-9-22)10-15-18-11(2)13(4)24-15/h5-10H2,1-4H3,(H,19,23). The Balaban J connectivity index is 1.53. The van der Waals surface area contributed by atoms with Gasteiger partial charge in [-0.2, -0.15) is 0 Å². The smallest absolute Gasteiger partial charge is 0.322 e. The number of urea groups is 1. The minimum atomic E-state index is -0.108. The molecule has 1 aliphatic rings. The van der Waals surface area contributed by atoms with Crippen molar-refractivity contribution in [1.29, 1.82) is 0 Å². The van der Waals surface area contributed by atoms with Crippen LogP contribution in [0.5, 0.6) is 0 Å². The molecule has 0 spiro atoms. The van der Waals surface area contributed by atoms with E-state index in [4.69, 9.17) is 8.94 Å². The van der Waals surface area contributed by atoms with Gasteiger partial charge >= 0.3 is 6.03 Å². The van der Waals surface area contributed by atoms with Gasteiger partial charge in [0.2, 0.25) is 5.89 Å². The summed E-state index contributed by atoms with van der Waals surface area (Å²) in [5.74, 6) is 2.31. The van der Waals surface area contributed by atoms with Gasteiger partial charge in [0, 0.05) is 32.6 Å². The molecular formula is C17H25N5O3. The van der Waals surface area contributed by atoms with Crippen LogP contribution in [0, 0.1) is 20.8 Å². The van der Waals surface area contributed by atoms with Crippen LogP contribution >= 0.6 is 0 Å². The van der Waals surface area contributed by atoms with Gasteiger partial charge in [-0.05, 0) is 20.8 Å². The molecule has 3 rings (SSSR count). The first-order chi connectivity index (χ1) is 12.0. The highest BCUT2D eigenvalue weighted by molar-refractivity contribution is 5.90. The maximum atomic E-state index is 12.5. The molecule has 0 unspecified atom stereocenters. The van der Waals surface area contributed by atoms with Crippen molar-refractivity contribution in [2.75, 3.05) is 31.5 Å². The van der Waals surface area contributed by atoms with Gasteiger partial charge in [-0.1, -0.05) is 12.1 Å². The maximum absolute atomic E-state index is 12.5. The number of nitrogens with zero attached hydrogens (tertiary/aromatic N) is 4. The zero-order valence-electron chi connectivity index (χ0n) is 15.3. The predicted molar refractivity (Wildman–Crippen MR) is 92.5 cm³/mol. The number of rotatable bonds is 4. The minimum absolute atomic E-state index is 0.108. The number of carbonyl (C=O) groups is 1. The topological polar surface area (TPSA) is 87.6 Å². The Labute approximate surface area is 147 Å². The predicted octanol–water partition coefficient (Wildman–Crippen LogP) is 2.50. The van der Waals surface area contributed by atoms with E-state index in [0.29, 0.717) is 43.2 Å². The number of amides is 2. The SMILES string of the molecule is CCc1onc(C)c1NC(=O)N1CCN(Cc2nc(C)c(C)o2)CC1. The van der Waals surface area contributed by atoms with Crippen LogP contribution < -0.4 is 5.32 Å². The van der Waals surface area contributed by atoms with E-state index in [0.717, 1.165) is 30.4 Å². The Morgan fingerprint density at radius 1 is 1.16 bits per heavy atom. The van der Waals surface area contributed by atoms with Crippen molar-refractivity contribution in [3.63, 3.8) is 0 Å². The van der Waals surface area contributed by atoms with Crippen molar-refractivity contribution in [2.24, 2.45) is 0 Å². The van der Waals surface area contributed by atoms with Gasteiger partial charge in [-0.25, -0.2) is 9.78 Å². The van der Waals surface area contributed by atoms with E-state index in [1.54, 1.807) is 0 Å².